The summed E-state index contributed by atoms with van der Waals surface area (Å²) in [7, 11) is 1.71. The number of hydrogen-bond donors (Lipinski definition) is 0. The summed E-state index contributed by atoms with van der Waals surface area (Å²) in [4.78, 5) is 0. The molecule has 0 aromatic heterocycles. The molecule has 40 valence electrons. The molecule has 1 aliphatic carbocycles. The van der Waals surface area contributed by atoms with E-state index in [1.807, 2.05) is 0 Å². The SMILES string of the molecule is CO[C](=[Cr])C1CC1. The summed E-state index contributed by atoms with van der Waals surface area (Å²) in [6.07, 6.45) is 2.63. The van der Waals surface area contributed by atoms with E-state index in [9.17, 15) is 0 Å². The normalized spacial score (nSPS) is 19.6. The third-order valence-corrected chi connectivity index (χ3v) is 1.89. The van der Waals surface area contributed by atoms with Crippen LogP contribution in [0.15, 0.2) is 0 Å². The van der Waals surface area contributed by atoms with Crippen molar-refractivity contribution in [1.82, 2.24) is 0 Å². The van der Waals surface area contributed by atoms with Gasteiger partial charge in [-0.05, 0) is 0 Å². The average Bonchev–Trinajstić information content (AvgIpc) is 2.44. The van der Waals surface area contributed by atoms with E-state index < -0.39 is 0 Å². The van der Waals surface area contributed by atoms with Gasteiger partial charge in [0.1, 0.15) is 0 Å². The van der Waals surface area contributed by atoms with Gasteiger partial charge >= 0.3 is 51.0 Å². The second-order valence-corrected chi connectivity index (χ2v) is 2.43. The van der Waals surface area contributed by atoms with Crippen molar-refractivity contribution in [1.29, 1.82) is 0 Å². The van der Waals surface area contributed by atoms with Crippen LogP contribution in [0.3, 0.4) is 0 Å². The molecule has 0 aromatic rings. The van der Waals surface area contributed by atoms with E-state index >= 15 is 0 Å². The number of ether oxygens (including phenoxy) is 1. The van der Waals surface area contributed by atoms with E-state index in [1.54, 1.807) is 7.11 Å². The van der Waals surface area contributed by atoms with E-state index in [0.29, 0.717) is 0 Å². The Morgan fingerprint density at radius 1 is 1.71 bits per heavy atom. The van der Waals surface area contributed by atoms with Gasteiger partial charge in [-0.2, -0.15) is 0 Å². The third-order valence-electron chi connectivity index (χ3n) is 1.11. The number of rotatable bonds is 2. The van der Waals surface area contributed by atoms with Crippen LogP contribution in [-0.4, -0.2) is 11.7 Å². The zero-order valence-electron chi connectivity index (χ0n) is 4.31. The minimum atomic E-state index is 0.755. The van der Waals surface area contributed by atoms with Crippen molar-refractivity contribution in [3.8, 4) is 0 Å². The molecular weight excluding hydrogens is 128 g/mol. The van der Waals surface area contributed by atoms with E-state index in [1.165, 1.54) is 12.8 Å². The predicted octanol–water partition coefficient (Wildman–Crippen LogP) is 0.720. The molecule has 0 heterocycles. The van der Waals surface area contributed by atoms with Crippen LogP contribution in [0.2, 0.25) is 0 Å². The molecule has 0 amide bonds. The fourth-order valence-electron chi connectivity index (χ4n) is 0.486. The van der Waals surface area contributed by atoms with Crippen LogP contribution in [0.25, 0.3) is 0 Å². The first kappa shape index (κ1) is 5.50. The topological polar surface area (TPSA) is 9.23 Å². The fraction of sp³-hybridized carbons (Fsp3) is 0.800. The van der Waals surface area contributed by atoms with Crippen molar-refractivity contribution in [2.45, 2.75) is 12.8 Å². The van der Waals surface area contributed by atoms with Crippen molar-refractivity contribution in [2.75, 3.05) is 7.11 Å². The Kier molecular flexibility index (Phi) is 1.64. The Morgan fingerprint density at radius 2 is 2.29 bits per heavy atom. The van der Waals surface area contributed by atoms with Gasteiger partial charge in [0.2, 0.25) is 0 Å². The van der Waals surface area contributed by atoms with Gasteiger partial charge in [0.05, 0.1) is 0 Å². The summed E-state index contributed by atoms with van der Waals surface area (Å²) in [6.45, 7) is 0. The number of methoxy groups -OCH3 is 1. The van der Waals surface area contributed by atoms with Crippen LogP contribution >= 0.6 is 0 Å². The van der Waals surface area contributed by atoms with Crippen molar-refractivity contribution in [2.24, 2.45) is 5.92 Å². The van der Waals surface area contributed by atoms with Gasteiger partial charge in [0.25, 0.3) is 0 Å². The van der Waals surface area contributed by atoms with Crippen molar-refractivity contribution in [3.05, 3.63) is 0 Å². The van der Waals surface area contributed by atoms with Crippen LogP contribution in [-0.2, 0) is 20.6 Å². The van der Waals surface area contributed by atoms with Gasteiger partial charge in [-0.1, -0.05) is 0 Å². The second-order valence-electron chi connectivity index (χ2n) is 1.80. The van der Waals surface area contributed by atoms with Crippen LogP contribution in [0, 0.1) is 5.92 Å². The van der Waals surface area contributed by atoms with Crippen LogP contribution in [0.5, 0.6) is 0 Å². The average molecular weight is 136 g/mol. The molecule has 0 bridgehead atoms. The first-order valence-corrected chi connectivity index (χ1v) is 3.06. The molecular formula is C5H8CrO. The molecule has 7 heavy (non-hydrogen) atoms. The zero-order valence-corrected chi connectivity index (χ0v) is 5.58. The summed E-state index contributed by atoms with van der Waals surface area (Å²) in [5.74, 6) is 0.755. The van der Waals surface area contributed by atoms with Crippen LogP contribution < -0.4 is 0 Å². The molecule has 0 saturated heterocycles. The summed E-state index contributed by atoms with van der Waals surface area (Å²) < 4.78 is 6.02. The van der Waals surface area contributed by atoms with Gasteiger partial charge in [0.15, 0.2) is 0 Å². The molecule has 1 nitrogen and oxygen atoms in total. The molecule has 0 aliphatic heterocycles. The van der Waals surface area contributed by atoms with Gasteiger partial charge in [-0.3, -0.25) is 0 Å². The molecule has 1 rings (SSSR count). The van der Waals surface area contributed by atoms with Crippen molar-refractivity contribution in [3.63, 3.8) is 0 Å². The monoisotopic (exact) mass is 136 g/mol. The Labute approximate surface area is 51.6 Å². The van der Waals surface area contributed by atoms with E-state index in [0.717, 1.165) is 10.5 Å². The zero-order chi connectivity index (χ0) is 5.28. The molecule has 0 atom stereocenters. The molecule has 0 radical (unpaired) electrons. The van der Waals surface area contributed by atoms with Gasteiger partial charge in [0, 0.05) is 0 Å². The van der Waals surface area contributed by atoms with Gasteiger partial charge in [-0.25, -0.2) is 0 Å². The van der Waals surface area contributed by atoms with Crippen molar-refractivity contribution < 1.29 is 20.6 Å². The first-order chi connectivity index (χ1) is 3.34. The van der Waals surface area contributed by atoms with E-state index in [-0.39, 0.29) is 0 Å². The second kappa shape index (κ2) is 2.09. The van der Waals surface area contributed by atoms with Gasteiger partial charge in [-0.15, -0.1) is 0 Å². The van der Waals surface area contributed by atoms with Crippen LogP contribution in [0.4, 0.5) is 0 Å². The summed E-state index contributed by atoms with van der Waals surface area (Å²) in [5.41, 5.74) is 0. The van der Waals surface area contributed by atoms with E-state index in [4.69, 9.17) is 4.74 Å². The molecule has 0 aromatic carbocycles. The Morgan fingerprint density at radius 3 is 2.43 bits per heavy atom. The van der Waals surface area contributed by atoms with E-state index in [2.05, 4.69) is 15.9 Å². The summed E-state index contributed by atoms with van der Waals surface area (Å²) in [6, 6.07) is 0. The number of hydrogen-bond acceptors (Lipinski definition) is 1. The first-order valence-electron chi connectivity index (χ1n) is 2.42. The summed E-state index contributed by atoms with van der Waals surface area (Å²) in [5, 5.41) is 0. The molecule has 1 aliphatic rings. The minimum absolute atomic E-state index is 0.755. The predicted molar refractivity (Wildman–Crippen MR) is 24.7 cm³/mol. The van der Waals surface area contributed by atoms with Gasteiger partial charge < -0.3 is 0 Å². The Balaban J connectivity index is 2.24. The Bertz CT molecular complexity index is 86.1. The maximum absolute atomic E-state index is 4.94. The standard InChI is InChI=1S/C5H8O.Cr/c1-6-4-5-2-3-5;/h5H,2-3H2,1H3;. The summed E-state index contributed by atoms with van der Waals surface area (Å²) >= 11 is 2.88. The maximum atomic E-state index is 4.94. The molecule has 1 fully saturated rings. The van der Waals surface area contributed by atoms with Crippen LogP contribution in [0.1, 0.15) is 12.8 Å². The third kappa shape index (κ3) is 1.38. The molecule has 0 unspecified atom stereocenters. The molecule has 0 spiro atoms. The Hall–Kier alpha value is 0.362. The molecule has 1 saturated carbocycles. The quantitative estimate of drug-likeness (QED) is 0.543. The molecule has 2 heteroatoms. The molecule has 0 N–H and O–H groups in total. The van der Waals surface area contributed by atoms with Crippen molar-refractivity contribution >= 4 is 4.57 Å². The fourth-order valence-corrected chi connectivity index (χ4v) is 0.854.